The maximum atomic E-state index is 6.11. The molecule has 1 aromatic carbocycles. The first-order valence-corrected chi connectivity index (χ1v) is 8.14. The molecule has 1 aromatic rings. The van der Waals surface area contributed by atoms with Gasteiger partial charge in [-0.15, -0.1) is 0 Å². The second-order valence-electron chi connectivity index (χ2n) is 6.03. The van der Waals surface area contributed by atoms with E-state index in [1.165, 1.54) is 32.2 Å². The summed E-state index contributed by atoms with van der Waals surface area (Å²) in [6.07, 6.45) is 5.35. The summed E-state index contributed by atoms with van der Waals surface area (Å²) in [6, 6.07) is 8.65. The number of ether oxygens (including phenoxy) is 2. The van der Waals surface area contributed by atoms with Crippen LogP contribution in [0.3, 0.4) is 0 Å². The van der Waals surface area contributed by atoms with E-state index in [1.54, 1.807) is 0 Å². The molecule has 0 bridgehead atoms. The summed E-state index contributed by atoms with van der Waals surface area (Å²) < 4.78 is 11.9. The van der Waals surface area contributed by atoms with Crippen LogP contribution in [0.25, 0.3) is 0 Å². The Labute approximate surface area is 127 Å². The van der Waals surface area contributed by atoms with Gasteiger partial charge in [-0.1, -0.05) is 18.6 Å². The fraction of sp³-hybridized carbons (Fsp3) is 0.647. The number of likely N-dealkylation sites (tertiary alicyclic amines) is 1. The van der Waals surface area contributed by atoms with Gasteiger partial charge >= 0.3 is 0 Å². The summed E-state index contributed by atoms with van der Waals surface area (Å²) in [7, 11) is 2.03. The van der Waals surface area contributed by atoms with Crippen LogP contribution in [0, 0.1) is 0 Å². The highest BCUT2D eigenvalue weighted by Crippen LogP contribution is 2.31. The Balaban J connectivity index is 1.58. The fourth-order valence-electron chi connectivity index (χ4n) is 3.35. The van der Waals surface area contributed by atoms with Gasteiger partial charge in [0, 0.05) is 12.6 Å². The quantitative estimate of drug-likeness (QED) is 0.902. The van der Waals surface area contributed by atoms with E-state index in [9.17, 15) is 0 Å². The molecule has 2 heterocycles. The van der Waals surface area contributed by atoms with E-state index in [0.29, 0.717) is 12.6 Å². The van der Waals surface area contributed by atoms with Gasteiger partial charge in [0.2, 0.25) is 0 Å². The van der Waals surface area contributed by atoms with E-state index in [-0.39, 0.29) is 6.10 Å². The number of piperidine rings is 1. The Morgan fingerprint density at radius 2 is 2.10 bits per heavy atom. The smallest absolute Gasteiger partial charge is 0.161 e. The third-order valence-corrected chi connectivity index (χ3v) is 4.48. The molecule has 4 heteroatoms. The Morgan fingerprint density at radius 1 is 1.24 bits per heavy atom. The molecule has 0 aliphatic carbocycles. The SMILES string of the molecule is CNCCC1CCCCN1CC1COc2ccccc2O1. The molecule has 0 saturated carbocycles. The average Bonchev–Trinajstić information content (AvgIpc) is 2.54. The Bertz CT molecular complexity index is 452. The molecule has 3 rings (SSSR count). The molecule has 1 fully saturated rings. The van der Waals surface area contributed by atoms with Gasteiger partial charge in [0.05, 0.1) is 0 Å². The molecule has 1 N–H and O–H groups in total. The van der Waals surface area contributed by atoms with Crippen LogP contribution < -0.4 is 14.8 Å². The third kappa shape index (κ3) is 3.69. The molecule has 0 amide bonds. The molecule has 116 valence electrons. The highest BCUT2D eigenvalue weighted by molar-refractivity contribution is 5.40. The van der Waals surface area contributed by atoms with Gasteiger partial charge < -0.3 is 14.8 Å². The molecule has 2 unspecified atom stereocenters. The summed E-state index contributed by atoms with van der Waals surface area (Å²) in [5.74, 6) is 1.76. The minimum atomic E-state index is 0.148. The second-order valence-corrected chi connectivity index (χ2v) is 6.03. The lowest BCUT2D eigenvalue weighted by molar-refractivity contribution is 0.0327. The van der Waals surface area contributed by atoms with Crippen LogP contribution in [0.4, 0.5) is 0 Å². The van der Waals surface area contributed by atoms with Gasteiger partial charge in [-0.2, -0.15) is 0 Å². The number of fused-ring (bicyclic) bond motifs is 1. The summed E-state index contributed by atoms with van der Waals surface area (Å²) in [4.78, 5) is 2.60. The summed E-state index contributed by atoms with van der Waals surface area (Å²) >= 11 is 0. The molecule has 2 atom stereocenters. The van der Waals surface area contributed by atoms with Crippen molar-refractivity contribution in [2.24, 2.45) is 0 Å². The highest BCUT2D eigenvalue weighted by Gasteiger charge is 2.28. The molecular weight excluding hydrogens is 264 g/mol. The number of hydrogen-bond acceptors (Lipinski definition) is 4. The molecule has 0 aromatic heterocycles. The monoisotopic (exact) mass is 290 g/mol. The van der Waals surface area contributed by atoms with Gasteiger partial charge in [-0.25, -0.2) is 0 Å². The molecular formula is C17H26N2O2. The van der Waals surface area contributed by atoms with Crippen molar-refractivity contribution in [2.75, 3.05) is 33.3 Å². The molecule has 21 heavy (non-hydrogen) atoms. The van der Waals surface area contributed by atoms with Crippen molar-refractivity contribution in [1.82, 2.24) is 10.2 Å². The second kappa shape index (κ2) is 7.14. The first kappa shape index (κ1) is 14.7. The zero-order chi connectivity index (χ0) is 14.5. The lowest BCUT2D eigenvalue weighted by Gasteiger charge is -2.38. The van der Waals surface area contributed by atoms with Gasteiger partial charge in [0.15, 0.2) is 11.5 Å². The van der Waals surface area contributed by atoms with E-state index in [2.05, 4.69) is 10.2 Å². The molecule has 1 saturated heterocycles. The lowest BCUT2D eigenvalue weighted by atomic mass is 9.99. The Kier molecular flexibility index (Phi) is 4.99. The lowest BCUT2D eigenvalue weighted by Crippen LogP contribution is -2.48. The van der Waals surface area contributed by atoms with Crippen LogP contribution in [-0.4, -0.2) is 50.3 Å². The van der Waals surface area contributed by atoms with Crippen LogP contribution in [-0.2, 0) is 0 Å². The van der Waals surface area contributed by atoms with Crippen LogP contribution in [0.5, 0.6) is 11.5 Å². The first-order chi connectivity index (χ1) is 10.4. The van der Waals surface area contributed by atoms with Crippen LogP contribution in [0.1, 0.15) is 25.7 Å². The maximum absolute atomic E-state index is 6.11. The fourth-order valence-corrected chi connectivity index (χ4v) is 3.35. The van der Waals surface area contributed by atoms with E-state index in [1.807, 2.05) is 31.3 Å². The van der Waals surface area contributed by atoms with E-state index in [4.69, 9.17) is 9.47 Å². The third-order valence-electron chi connectivity index (χ3n) is 4.48. The summed E-state index contributed by atoms with van der Waals surface area (Å²) in [5, 5.41) is 3.27. The first-order valence-electron chi connectivity index (χ1n) is 8.14. The van der Waals surface area contributed by atoms with Crippen LogP contribution in [0.15, 0.2) is 24.3 Å². The molecule has 0 radical (unpaired) electrons. The number of nitrogens with one attached hydrogen (secondary N) is 1. The van der Waals surface area contributed by atoms with Crippen molar-refractivity contribution < 1.29 is 9.47 Å². The standard InChI is InChI=1S/C17H26N2O2/c1-18-10-9-14-6-4-5-11-19(14)12-15-13-20-16-7-2-3-8-17(16)21-15/h2-3,7-8,14-15,18H,4-6,9-13H2,1H3. The number of hydrogen-bond donors (Lipinski definition) is 1. The van der Waals surface area contributed by atoms with Crippen molar-refractivity contribution >= 4 is 0 Å². The van der Waals surface area contributed by atoms with Crippen molar-refractivity contribution in [3.8, 4) is 11.5 Å². The van der Waals surface area contributed by atoms with Crippen molar-refractivity contribution in [2.45, 2.75) is 37.8 Å². The zero-order valence-corrected chi connectivity index (χ0v) is 12.9. The highest BCUT2D eigenvalue weighted by atomic mass is 16.6. The summed E-state index contributed by atoms with van der Waals surface area (Å²) in [5.41, 5.74) is 0. The minimum absolute atomic E-state index is 0.148. The predicted octanol–water partition coefficient (Wildman–Crippen LogP) is 2.29. The zero-order valence-electron chi connectivity index (χ0n) is 12.9. The number of benzene rings is 1. The van der Waals surface area contributed by atoms with Crippen LogP contribution in [0.2, 0.25) is 0 Å². The van der Waals surface area contributed by atoms with E-state index < -0.39 is 0 Å². The topological polar surface area (TPSA) is 33.7 Å². The molecule has 0 spiro atoms. The molecule has 4 nitrogen and oxygen atoms in total. The predicted molar refractivity (Wildman–Crippen MR) is 84.1 cm³/mol. The van der Waals surface area contributed by atoms with Crippen LogP contribution >= 0.6 is 0 Å². The summed E-state index contributed by atoms with van der Waals surface area (Å²) in [6.45, 7) is 3.91. The normalized spacial score (nSPS) is 25.8. The van der Waals surface area contributed by atoms with Gasteiger partial charge in [0.25, 0.3) is 0 Å². The number of nitrogens with zero attached hydrogens (tertiary/aromatic N) is 1. The molecule has 2 aliphatic heterocycles. The Morgan fingerprint density at radius 3 is 2.95 bits per heavy atom. The average molecular weight is 290 g/mol. The molecule has 2 aliphatic rings. The largest absolute Gasteiger partial charge is 0.486 e. The van der Waals surface area contributed by atoms with Gasteiger partial charge in [-0.3, -0.25) is 4.90 Å². The van der Waals surface area contributed by atoms with Crippen molar-refractivity contribution in [3.63, 3.8) is 0 Å². The minimum Gasteiger partial charge on any atom is -0.486 e. The van der Waals surface area contributed by atoms with Gasteiger partial charge in [0.1, 0.15) is 12.7 Å². The van der Waals surface area contributed by atoms with Crippen molar-refractivity contribution in [3.05, 3.63) is 24.3 Å². The maximum Gasteiger partial charge on any atom is 0.161 e. The number of rotatable bonds is 5. The number of para-hydroxylation sites is 2. The van der Waals surface area contributed by atoms with E-state index in [0.717, 1.165) is 24.6 Å². The van der Waals surface area contributed by atoms with E-state index >= 15 is 0 Å². The Hall–Kier alpha value is -1.26. The van der Waals surface area contributed by atoms with Gasteiger partial charge in [-0.05, 0) is 51.5 Å². The van der Waals surface area contributed by atoms with Crippen molar-refractivity contribution in [1.29, 1.82) is 0 Å².